The molecule has 152 valence electrons. The lowest BCUT2D eigenvalue weighted by Crippen LogP contribution is -2.41. The number of furan rings is 1. The fourth-order valence-corrected chi connectivity index (χ4v) is 4.57. The summed E-state index contributed by atoms with van der Waals surface area (Å²) in [6.45, 7) is 3.15. The number of nitrogens with one attached hydrogen (secondary N) is 1. The highest BCUT2D eigenvalue weighted by atomic mass is 16.3. The molecule has 0 unspecified atom stereocenters. The van der Waals surface area contributed by atoms with E-state index < -0.39 is 23.3 Å². The van der Waals surface area contributed by atoms with Crippen LogP contribution in [0, 0.1) is 6.92 Å². The molecule has 1 aromatic heterocycles. The molecule has 0 saturated carbocycles. The average molecular weight is 402 g/mol. The number of fused-ring (bicyclic) bond motifs is 2. The Morgan fingerprint density at radius 1 is 1.13 bits per heavy atom. The summed E-state index contributed by atoms with van der Waals surface area (Å²) < 4.78 is 5.71. The standard InChI is InChI=1S/C24H22N2O4/c1-14-18-8-3-4-9-20(18)30-21(14)19(27)13-26-22(28)24(2,25-23(26)29)17-11-10-15-6-5-7-16(15)12-17/h3-4,8-12H,5-7,13H2,1-2H3,(H,25,29)/t24-/m1/s1. The Labute approximate surface area is 173 Å². The number of para-hydroxylation sites is 1. The van der Waals surface area contributed by atoms with Crippen molar-refractivity contribution in [2.24, 2.45) is 0 Å². The van der Waals surface area contributed by atoms with Crippen LogP contribution < -0.4 is 5.32 Å². The van der Waals surface area contributed by atoms with Crippen LogP contribution in [0.2, 0.25) is 0 Å². The van der Waals surface area contributed by atoms with Crippen LogP contribution in [0.5, 0.6) is 0 Å². The van der Waals surface area contributed by atoms with E-state index in [2.05, 4.69) is 5.32 Å². The van der Waals surface area contributed by atoms with Crippen molar-refractivity contribution in [1.29, 1.82) is 0 Å². The number of ketones is 1. The van der Waals surface area contributed by atoms with Gasteiger partial charge in [-0.2, -0.15) is 0 Å². The van der Waals surface area contributed by atoms with Crippen molar-refractivity contribution < 1.29 is 18.8 Å². The summed E-state index contributed by atoms with van der Waals surface area (Å²) in [5, 5.41) is 3.64. The van der Waals surface area contributed by atoms with Gasteiger partial charge in [-0.1, -0.05) is 36.4 Å². The first-order valence-corrected chi connectivity index (χ1v) is 10.2. The summed E-state index contributed by atoms with van der Waals surface area (Å²) in [5.74, 6) is -0.638. The smallest absolute Gasteiger partial charge is 0.325 e. The monoisotopic (exact) mass is 402 g/mol. The van der Waals surface area contributed by atoms with Gasteiger partial charge >= 0.3 is 6.03 Å². The summed E-state index contributed by atoms with van der Waals surface area (Å²) in [4.78, 5) is 39.8. The first-order chi connectivity index (χ1) is 14.4. The minimum Gasteiger partial charge on any atom is -0.453 e. The molecule has 2 aromatic carbocycles. The maximum absolute atomic E-state index is 13.2. The molecular formula is C24H22N2O4. The molecule has 1 aliphatic heterocycles. The third-order valence-electron chi connectivity index (χ3n) is 6.35. The SMILES string of the molecule is Cc1c(C(=O)CN2C(=O)N[C@](C)(c3ccc4c(c3)CCC4)C2=O)oc2ccccc12. The van der Waals surface area contributed by atoms with E-state index in [1.165, 1.54) is 11.1 Å². The molecule has 5 rings (SSSR count). The van der Waals surface area contributed by atoms with Gasteiger partial charge in [0.05, 0.1) is 6.54 Å². The molecule has 1 N–H and O–H groups in total. The van der Waals surface area contributed by atoms with E-state index in [9.17, 15) is 14.4 Å². The largest absolute Gasteiger partial charge is 0.453 e. The van der Waals surface area contributed by atoms with Crippen molar-refractivity contribution in [3.8, 4) is 0 Å². The molecule has 3 aromatic rings. The molecular weight excluding hydrogens is 380 g/mol. The summed E-state index contributed by atoms with van der Waals surface area (Å²) >= 11 is 0. The number of carbonyl (C=O) groups excluding carboxylic acids is 3. The van der Waals surface area contributed by atoms with E-state index in [0.717, 1.165) is 35.1 Å². The Morgan fingerprint density at radius 3 is 2.70 bits per heavy atom. The number of hydrogen-bond acceptors (Lipinski definition) is 4. The van der Waals surface area contributed by atoms with Crippen LogP contribution in [-0.2, 0) is 23.2 Å². The summed E-state index contributed by atoms with van der Waals surface area (Å²) in [6, 6.07) is 12.8. The van der Waals surface area contributed by atoms with E-state index in [1.54, 1.807) is 19.9 Å². The minimum atomic E-state index is -1.18. The Morgan fingerprint density at radius 2 is 1.90 bits per heavy atom. The number of aryl methyl sites for hydroxylation is 3. The molecule has 2 heterocycles. The van der Waals surface area contributed by atoms with E-state index in [1.807, 2.05) is 36.4 Å². The second kappa shape index (κ2) is 6.55. The fourth-order valence-electron chi connectivity index (χ4n) is 4.57. The van der Waals surface area contributed by atoms with Crippen molar-refractivity contribution in [3.05, 3.63) is 70.5 Å². The molecule has 1 atom stereocenters. The maximum Gasteiger partial charge on any atom is 0.325 e. The van der Waals surface area contributed by atoms with Crippen LogP contribution >= 0.6 is 0 Å². The molecule has 30 heavy (non-hydrogen) atoms. The second-order valence-electron chi connectivity index (χ2n) is 8.26. The lowest BCUT2D eigenvalue weighted by atomic mass is 9.89. The van der Waals surface area contributed by atoms with Crippen LogP contribution in [0.4, 0.5) is 4.79 Å². The summed E-state index contributed by atoms with van der Waals surface area (Å²) in [5.41, 5.74) is 3.41. The van der Waals surface area contributed by atoms with Crippen molar-refractivity contribution in [2.45, 2.75) is 38.6 Å². The van der Waals surface area contributed by atoms with Crippen molar-refractivity contribution in [2.75, 3.05) is 6.54 Å². The number of Topliss-reactive ketones (excluding diaryl/α,β-unsaturated/α-hetero) is 1. The van der Waals surface area contributed by atoms with Crippen LogP contribution in [0.15, 0.2) is 46.9 Å². The number of imide groups is 1. The highest BCUT2D eigenvalue weighted by molar-refractivity contribution is 6.11. The molecule has 0 spiro atoms. The average Bonchev–Trinajstić information content (AvgIpc) is 3.40. The van der Waals surface area contributed by atoms with Gasteiger partial charge in [-0.3, -0.25) is 14.5 Å². The van der Waals surface area contributed by atoms with Gasteiger partial charge in [-0.05, 0) is 55.9 Å². The van der Waals surface area contributed by atoms with Gasteiger partial charge in [0, 0.05) is 10.9 Å². The van der Waals surface area contributed by atoms with E-state index in [4.69, 9.17) is 4.42 Å². The predicted molar refractivity (Wildman–Crippen MR) is 111 cm³/mol. The Bertz CT molecular complexity index is 1230. The molecule has 1 aliphatic carbocycles. The second-order valence-corrected chi connectivity index (χ2v) is 8.26. The first-order valence-electron chi connectivity index (χ1n) is 10.2. The van der Waals surface area contributed by atoms with Gasteiger partial charge in [-0.25, -0.2) is 4.79 Å². The number of benzene rings is 2. The molecule has 1 saturated heterocycles. The highest BCUT2D eigenvalue weighted by Crippen LogP contribution is 2.33. The zero-order chi connectivity index (χ0) is 21.0. The van der Waals surface area contributed by atoms with Gasteiger partial charge in [0.2, 0.25) is 5.78 Å². The van der Waals surface area contributed by atoms with Crippen molar-refractivity contribution in [3.63, 3.8) is 0 Å². The molecule has 6 heteroatoms. The quantitative estimate of drug-likeness (QED) is 0.531. The minimum absolute atomic E-state index is 0.183. The van der Waals surface area contributed by atoms with Gasteiger partial charge in [-0.15, -0.1) is 0 Å². The van der Waals surface area contributed by atoms with E-state index in [-0.39, 0.29) is 12.3 Å². The van der Waals surface area contributed by atoms with E-state index >= 15 is 0 Å². The van der Waals surface area contributed by atoms with Crippen LogP contribution in [0.25, 0.3) is 11.0 Å². The fraction of sp³-hybridized carbons (Fsp3) is 0.292. The number of urea groups is 1. The van der Waals surface area contributed by atoms with Gasteiger partial charge in [0.15, 0.2) is 5.76 Å². The number of hydrogen-bond donors (Lipinski definition) is 1. The van der Waals surface area contributed by atoms with Gasteiger partial charge in [0.25, 0.3) is 5.91 Å². The van der Waals surface area contributed by atoms with Gasteiger partial charge in [0.1, 0.15) is 11.1 Å². The number of carbonyl (C=O) groups is 3. The summed E-state index contributed by atoms with van der Waals surface area (Å²) in [6.07, 6.45) is 3.13. The Kier molecular flexibility index (Phi) is 4.07. The third kappa shape index (κ3) is 2.67. The molecule has 0 radical (unpaired) electrons. The van der Waals surface area contributed by atoms with Crippen molar-refractivity contribution in [1.82, 2.24) is 10.2 Å². The number of nitrogens with zero attached hydrogens (tertiary/aromatic N) is 1. The maximum atomic E-state index is 13.2. The Balaban J connectivity index is 1.43. The van der Waals surface area contributed by atoms with Crippen LogP contribution in [-0.4, -0.2) is 29.2 Å². The molecule has 1 fully saturated rings. The molecule has 0 bridgehead atoms. The number of rotatable bonds is 4. The summed E-state index contributed by atoms with van der Waals surface area (Å²) in [7, 11) is 0. The van der Waals surface area contributed by atoms with Crippen LogP contribution in [0.1, 0.15) is 46.2 Å². The zero-order valence-electron chi connectivity index (χ0n) is 17.0. The predicted octanol–water partition coefficient (Wildman–Crippen LogP) is 3.88. The highest BCUT2D eigenvalue weighted by Gasteiger charge is 2.50. The first kappa shape index (κ1) is 18.6. The van der Waals surface area contributed by atoms with E-state index in [0.29, 0.717) is 11.1 Å². The zero-order valence-corrected chi connectivity index (χ0v) is 17.0. The number of amides is 3. The molecule has 6 nitrogen and oxygen atoms in total. The lowest BCUT2D eigenvalue weighted by molar-refractivity contribution is -0.130. The molecule has 3 amide bonds. The Hall–Kier alpha value is -3.41. The van der Waals surface area contributed by atoms with Crippen LogP contribution in [0.3, 0.4) is 0 Å². The third-order valence-corrected chi connectivity index (χ3v) is 6.35. The normalized spacial score (nSPS) is 20.7. The lowest BCUT2D eigenvalue weighted by Gasteiger charge is -2.23. The van der Waals surface area contributed by atoms with Gasteiger partial charge < -0.3 is 9.73 Å². The van der Waals surface area contributed by atoms with Crippen molar-refractivity contribution >= 4 is 28.7 Å². The topological polar surface area (TPSA) is 79.6 Å². The molecule has 2 aliphatic rings.